The van der Waals surface area contributed by atoms with Gasteiger partial charge in [0.2, 0.25) is 5.91 Å². The molecule has 1 heterocycles. The molecule has 5 nitrogen and oxygen atoms in total. The largest absolute Gasteiger partial charge is 0.491 e. The number of halogens is 1. The molecule has 0 aliphatic carbocycles. The van der Waals surface area contributed by atoms with Crippen molar-refractivity contribution in [2.24, 2.45) is 0 Å². The molecule has 0 spiro atoms. The first-order valence-corrected chi connectivity index (χ1v) is 8.95. The van der Waals surface area contributed by atoms with E-state index in [1.54, 1.807) is 24.3 Å². The highest BCUT2D eigenvalue weighted by atomic mass is 35.5. The lowest BCUT2D eigenvalue weighted by Crippen LogP contribution is -2.34. The van der Waals surface area contributed by atoms with Crippen LogP contribution >= 0.6 is 22.9 Å². The van der Waals surface area contributed by atoms with E-state index in [4.69, 9.17) is 21.4 Å². The molecule has 134 valence electrons. The minimum Gasteiger partial charge on any atom is -0.491 e. The maximum Gasteiger partial charge on any atom is 0.244 e. The van der Waals surface area contributed by atoms with Gasteiger partial charge < -0.3 is 20.3 Å². The summed E-state index contributed by atoms with van der Waals surface area (Å²) in [4.78, 5) is 12.6. The molecule has 0 saturated carbocycles. The van der Waals surface area contributed by atoms with Crippen molar-refractivity contribution < 1.29 is 19.7 Å². The summed E-state index contributed by atoms with van der Waals surface area (Å²) in [5.74, 6) is 0.310. The fourth-order valence-electron chi connectivity index (χ4n) is 1.96. The zero-order chi connectivity index (χ0) is 18.2. The smallest absolute Gasteiger partial charge is 0.244 e. The Kier molecular flexibility index (Phi) is 7.46. The van der Waals surface area contributed by atoms with E-state index in [-0.39, 0.29) is 25.7 Å². The Morgan fingerprint density at radius 1 is 1.44 bits per heavy atom. The van der Waals surface area contributed by atoms with Gasteiger partial charge >= 0.3 is 0 Å². The van der Waals surface area contributed by atoms with Crippen LogP contribution < -0.4 is 10.1 Å². The SMILES string of the molecule is Cc1cc(OCC(O)CNC(=O)C=Cc2cc(CO)cs2)ccc1Cl. The van der Waals surface area contributed by atoms with Crippen molar-refractivity contribution in [2.75, 3.05) is 13.2 Å². The minimum atomic E-state index is -0.823. The standard InChI is InChI=1S/C18H20ClNO4S/c1-12-6-15(2-4-17(12)19)24-10-14(22)8-20-18(23)5-3-16-7-13(9-21)11-25-16/h2-7,11,14,21-22H,8-10H2,1H3,(H,20,23). The molecule has 0 fully saturated rings. The molecule has 1 aromatic heterocycles. The van der Waals surface area contributed by atoms with Crippen molar-refractivity contribution in [3.05, 3.63) is 56.7 Å². The molecule has 0 radical (unpaired) electrons. The molecule has 0 aliphatic rings. The van der Waals surface area contributed by atoms with Gasteiger partial charge in [-0.05, 0) is 53.8 Å². The number of benzene rings is 1. The summed E-state index contributed by atoms with van der Waals surface area (Å²) in [6.45, 7) is 2.00. The molecule has 1 atom stereocenters. The fourth-order valence-corrected chi connectivity index (χ4v) is 2.87. The zero-order valence-electron chi connectivity index (χ0n) is 13.7. The minimum absolute atomic E-state index is 0.0180. The van der Waals surface area contributed by atoms with Gasteiger partial charge in [0, 0.05) is 22.5 Å². The summed E-state index contributed by atoms with van der Waals surface area (Å²) in [5.41, 5.74) is 1.71. The second-order valence-electron chi connectivity index (χ2n) is 5.47. The van der Waals surface area contributed by atoms with Gasteiger partial charge in [0.05, 0.1) is 6.61 Å². The average molecular weight is 382 g/mol. The Hall–Kier alpha value is -1.86. The second kappa shape index (κ2) is 9.58. The molecular formula is C18H20ClNO4S. The second-order valence-corrected chi connectivity index (χ2v) is 6.82. The quantitative estimate of drug-likeness (QED) is 0.614. The van der Waals surface area contributed by atoms with Crippen LogP contribution in [-0.4, -0.2) is 35.4 Å². The summed E-state index contributed by atoms with van der Waals surface area (Å²) in [5, 5.41) is 24.0. The van der Waals surface area contributed by atoms with E-state index in [0.29, 0.717) is 10.8 Å². The van der Waals surface area contributed by atoms with Crippen molar-refractivity contribution in [3.63, 3.8) is 0 Å². The molecule has 0 bridgehead atoms. The third kappa shape index (κ3) is 6.51. The van der Waals surface area contributed by atoms with Crippen molar-refractivity contribution >= 4 is 34.9 Å². The molecule has 1 unspecified atom stereocenters. The van der Waals surface area contributed by atoms with Gasteiger partial charge in [-0.3, -0.25) is 4.79 Å². The molecule has 2 rings (SSSR count). The van der Waals surface area contributed by atoms with Crippen molar-refractivity contribution in [2.45, 2.75) is 19.6 Å². The van der Waals surface area contributed by atoms with Gasteiger partial charge in [0.25, 0.3) is 0 Å². The predicted octanol–water partition coefficient (Wildman–Crippen LogP) is 2.77. The number of hydrogen-bond donors (Lipinski definition) is 3. The topological polar surface area (TPSA) is 78.8 Å². The van der Waals surface area contributed by atoms with Gasteiger partial charge in [-0.2, -0.15) is 0 Å². The van der Waals surface area contributed by atoms with Gasteiger partial charge in [0.15, 0.2) is 0 Å². The first kappa shape index (κ1) is 19.5. The Morgan fingerprint density at radius 2 is 2.24 bits per heavy atom. The van der Waals surface area contributed by atoms with Crippen LogP contribution in [0.2, 0.25) is 5.02 Å². The van der Waals surface area contributed by atoms with E-state index in [1.165, 1.54) is 17.4 Å². The number of aliphatic hydroxyl groups is 2. The van der Waals surface area contributed by atoms with E-state index < -0.39 is 6.10 Å². The van der Waals surface area contributed by atoms with E-state index in [2.05, 4.69) is 5.32 Å². The lowest BCUT2D eigenvalue weighted by molar-refractivity contribution is -0.117. The number of nitrogens with one attached hydrogen (secondary N) is 1. The summed E-state index contributed by atoms with van der Waals surface area (Å²) in [6, 6.07) is 7.06. The number of aliphatic hydroxyl groups excluding tert-OH is 2. The van der Waals surface area contributed by atoms with Crippen molar-refractivity contribution in [1.29, 1.82) is 0 Å². The highest BCUT2D eigenvalue weighted by Crippen LogP contribution is 2.21. The highest BCUT2D eigenvalue weighted by molar-refractivity contribution is 7.11. The van der Waals surface area contributed by atoms with Gasteiger partial charge in [-0.15, -0.1) is 11.3 Å². The van der Waals surface area contributed by atoms with Gasteiger partial charge in [0.1, 0.15) is 18.5 Å². The molecule has 1 aromatic carbocycles. The van der Waals surface area contributed by atoms with Crippen molar-refractivity contribution in [1.82, 2.24) is 5.32 Å². The normalized spacial score (nSPS) is 12.3. The van der Waals surface area contributed by atoms with Crippen molar-refractivity contribution in [3.8, 4) is 5.75 Å². The van der Waals surface area contributed by atoms with Crippen LogP contribution in [0.4, 0.5) is 0 Å². The lowest BCUT2D eigenvalue weighted by Gasteiger charge is -2.13. The van der Waals surface area contributed by atoms with Crippen LogP contribution in [0.3, 0.4) is 0 Å². The number of hydrogen-bond acceptors (Lipinski definition) is 5. The first-order chi connectivity index (χ1) is 12.0. The number of carbonyl (C=O) groups excluding carboxylic acids is 1. The fraction of sp³-hybridized carbons (Fsp3) is 0.278. The molecule has 2 aromatic rings. The third-order valence-corrected chi connectivity index (χ3v) is 4.71. The number of carbonyl (C=O) groups is 1. The number of aryl methyl sites for hydroxylation is 1. The maximum atomic E-state index is 11.7. The Labute approximate surface area is 155 Å². The van der Waals surface area contributed by atoms with Crippen LogP contribution in [0.25, 0.3) is 6.08 Å². The van der Waals surface area contributed by atoms with Crippen LogP contribution in [0.15, 0.2) is 35.7 Å². The van der Waals surface area contributed by atoms with Crippen LogP contribution in [0.1, 0.15) is 16.0 Å². The zero-order valence-corrected chi connectivity index (χ0v) is 15.3. The average Bonchev–Trinajstić information content (AvgIpc) is 3.07. The molecule has 3 N–H and O–H groups in total. The van der Waals surface area contributed by atoms with Crippen LogP contribution in [0, 0.1) is 6.92 Å². The monoisotopic (exact) mass is 381 g/mol. The molecule has 0 aliphatic heterocycles. The number of amides is 1. The van der Waals surface area contributed by atoms with Crippen LogP contribution in [-0.2, 0) is 11.4 Å². The summed E-state index contributed by atoms with van der Waals surface area (Å²) < 4.78 is 5.48. The Balaban J connectivity index is 1.72. The number of ether oxygens (including phenoxy) is 1. The van der Waals surface area contributed by atoms with Crippen LogP contribution in [0.5, 0.6) is 5.75 Å². The van der Waals surface area contributed by atoms with E-state index in [1.807, 2.05) is 18.4 Å². The van der Waals surface area contributed by atoms with E-state index in [9.17, 15) is 9.90 Å². The predicted molar refractivity (Wildman–Crippen MR) is 100.0 cm³/mol. The third-order valence-electron chi connectivity index (χ3n) is 3.34. The number of rotatable bonds is 8. The molecule has 7 heteroatoms. The highest BCUT2D eigenvalue weighted by Gasteiger charge is 2.07. The molecule has 25 heavy (non-hydrogen) atoms. The van der Waals surface area contributed by atoms with E-state index in [0.717, 1.165) is 16.0 Å². The van der Waals surface area contributed by atoms with Gasteiger partial charge in [-0.1, -0.05) is 11.6 Å². The summed E-state index contributed by atoms with van der Waals surface area (Å²) in [7, 11) is 0. The first-order valence-electron chi connectivity index (χ1n) is 7.69. The molecule has 0 saturated heterocycles. The molecule has 1 amide bonds. The lowest BCUT2D eigenvalue weighted by atomic mass is 10.2. The number of thiophene rings is 1. The maximum absolute atomic E-state index is 11.7. The molecular weight excluding hydrogens is 362 g/mol. The summed E-state index contributed by atoms with van der Waals surface area (Å²) >= 11 is 7.38. The van der Waals surface area contributed by atoms with Gasteiger partial charge in [-0.25, -0.2) is 0 Å². The Bertz CT molecular complexity index is 744. The Morgan fingerprint density at radius 3 is 2.92 bits per heavy atom. The summed E-state index contributed by atoms with van der Waals surface area (Å²) in [6.07, 6.45) is 2.23. The van der Waals surface area contributed by atoms with E-state index >= 15 is 0 Å².